The summed E-state index contributed by atoms with van der Waals surface area (Å²) in [5.74, 6) is -0.717. The number of hydrogen-bond acceptors (Lipinski definition) is 6. The first-order chi connectivity index (χ1) is 17.3. The van der Waals surface area contributed by atoms with Gasteiger partial charge in [-0.05, 0) is 25.5 Å². The van der Waals surface area contributed by atoms with Crippen molar-refractivity contribution in [1.82, 2.24) is 10.2 Å². The average molecular weight is 497 g/mol. The largest absolute Gasteiger partial charge is 0.356 e. The number of ketones is 1. The predicted octanol–water partition coefficient (Wildman–Crippen LogP) is 4.20. The fourth-order valence-corrected chi connectivity index (χ4v) is 3.69. The topological polar surface area (TPSA) is 113 Å². The molecule has 0 atom stereocenters. The number of nitro benzene ring substituents is 1. The molecule has 0 saturated carbocycles. The van der Waals surface area contributed by atoms with E-state index in [1.54, 1.807) is 37.4 Å². The van der Waals surface area contributed by atoms with E-state index in [2.05, 4.69) is 19.2 Å². The Hall–Kier alpha value is -3.59. The van der Waals surface area contributed by atoms with Gasteiger partial charge in [-0.2, -0.15) is 0 Å². The molecule has 0 aromatic heterocycles. The third-order valence-corrected chi connectivity index (χ3v) is 5.90. The molecule has 2 amide bonds. The zero-order valence-electron chi connectivity index (χ0n) is 21.4. The molecule has 0 heterocycles. The van der Waals surface area contributed by atoms with Crippen molar-refractivity contribution < 1.29 is 19.3 Å². The smallest absolute Gasteiger partial charge is 0.270 e. The molecule has 0 aliphatic rings. The van der Waals surface area contributed by atoms with Gasteiger partial charge in [0.2, 0.25) is 11.8 Å². The number of carbonyl (C=O) groups is 3. The summed E-state index contributed by atoms with van der Waals surface area (Å²) in [4.78, 5) is 52.7. The van der Waals surface area contributed by atoms with Crippen LogP contribution in [0, 0.1) is 10.1 Å². The van der Waals surface area contributed by atoms with Gasteiger partial charge in [0.15, 0.2) is 5.78 Å². The molecule has 9 nitrogen and oxygen atoms in total. The third-order valence-electron chi connectivity index (χ3n) is 5.90. The zero-order chi connectivity index (χ0) is 26.5. The van der Waals surface area contributed by atoms with Gasteiger partial charge in [0.1, 0.15) is 0 Å². The highest BCUT2D eigenvalue weighted by molar-refractivity contribution is 6.14. The van der Waals surface area contributed by atoms with E-state index in [1.807, 2.05) is 4.90 Å². The van der Waals surface area contributed by atoms with Gasteiger partial charge in [-0.15, -0.1) is 0 Å². The van der Waals surface area contributed by atoms with Crippen LogP contribution in [0.3, 0.4) is 0 Å². The molecule has 0 radical (unpaired) electrons. The standard InChI is InChI=1S/C27H36N4O5/c1-4-6-16-28-25(32)15-18-30(17-7-5-2)20-26(33)29(3)24-14-13-22(31(35)36)19-23(24)27(34)21-11-9-8-10-12-21/h8-14,19H,4-7,15-18,20H2,1-3H3,(H,28,32). The zero-order valence-corrected chi connectivity index (χ0v) is 21.4. The van der Waals surface area contributed by atoms with Gasteiger partial charge < -0.3 is 10.2 Å². The van der Waals surface area contributed by atoms with E-state index in [4.69, 9.17) is 0 Å². The Balaban J connectivity index is 2.21. The van der Waals surface area contributed by atoms with Crippen molar-refractivity contribution in [3.05, 3.63) is 69.8 Å². The number of nitrogens with zero attached hydrogens (tertiary/aromatic N) is 3. The van der Waals surface area contributed by atoms with Crippen molar-refractivity contribution in [3.8, 4) is 0 Å². The quantitative estimate of drug-likeness (QED) is 0.171. The summed E-state index contributed by atoms with van der Waals surface area (Å²) < 4.78 is 0. The summed E-state index contributed by atoms with van der Waals surface area (Å²) in [6.45, 7) is 5.92. The first kappa shape index (κ1) is 28.6. The van der Waals surface area contributed by atoms with Crippen LogP contribution in [0.2, 0.25) is 0 Å². The van der Waals surface area contributed by atoms with Crippen molar-refractivity contribution in [2.75, 3.05) is 38.1 Å². The lowest BCUT2D eigenvalue weighted by Crippen LogP contribution is -2.41. The number of anilines is 1. The molecule has 0 fully saturated rings. The Morgan fingerprint density at radius 3 is 2.31 bits per heavy atom. The summed E-state index contributed by atoms with van der Waals surface area (Å²) in [7, 11) is 1.56. The highest BCUT2D eigenvalue weighted by Crippen LogP contribution is 2.27. The first-order valence-electron chi connectivity index (χ1n) is 12.4. The average Bonchev–Trinajstić information content (AvgIpc) is 2.89. The number of unbranched alkanes of at least 4 members (excludes halogenated alkanes) is 2. The number of carbonyl (C=O) groups excluding carboxylic acids is 3. The number of non-ortho nitro benzene ring substituents is 1. The van der Waals surface area contributed by atoms with Crippen LogP contribution in [0.15, 0.2) is 48.5 Å². The lowest BCUT2D eigenvalue weighted by Gasteiger charge is -2.26. The number of hydrogen-bond donors (Lipinski definition) is 1. The number of benzene rings is 2. The second kappa shape index (κ2) is 14.7. The monoisotopic (exact) mass is 496 g/mol. The second-order valence-electron chi connectivity index (χ2n) is 8.69. The van der Waals surface area contributed by atoms with Gasteiger partial charge in [0.25, 0.3) is 5.69 Å². The molecule has 2 aromatic rings. The van der Waals surface area contributed by atoms with Crippen LogP contribution in [0.1, 0.15) is 61.9 Å². The van der Waals surface area contributed by atoms with Crippen molar-refractivity contribution >= 4 is 29.0 Å². The summed E-state index contributed by atoms with van der Waals surface area (Å²) >= 11 is 0. The summed E-state index contributed by atoms with van der Waals surface area (Å²) in [6.07, 6.45) is 4.04. The fourth-order valence-electron chi connectivity index (χ4n) is 3.69. The molecule has 9 heteroatoms. The number of amides is 2. The maximum Gasteiger partial charge on any atom is 0.270 e. The van der Waals surface area contributed by atoms with E-state index in [0.717, 1.165) is 25.7 Å². The van der Waals surface area contributed by atoms with E-state index in [1.165, 1.54) is 23.1 Å². The Kier molecular flexibility index (Phi) is 11.7. The van der Waals surface area contributed by atoms with Crippen LogP contribution < -0.4 is 10.2 Å². The Morgan fingerprint density at radius 2 is 1.67 bits per heavy atom. The summed E-state index contributed by atoms with van der Waals surface area (Å²) in [6, 6.07) is 12.4. The van der Waals surface area contributed by atoms with Crippen LogP contribution in [-0.4, -0.2) is 60.6 Å². The van der Waals surface area contributed by atoms with E-state index in [0.29, 0.717) is 37.3 Å². The van der Waals surface area contributed by atoms with Gasteiger partial charge >= 0.3 is 0 Å². The minimum absolute atomic E-state index is 0.0446. The Labute approximate surface area is 212 Å². The Morgan fingerprint density at radius 1 is 0.972 bits per heavy atom. The molecule has 2 aromatic carbocycles. The van der Waals surface area contributed by atoms with Crippen molar-refractivity contribution in [2.24, 2.45) is 0 Å². The summed E-state index contributed by atoms with van der Waals surface area (Å²) in [5, 5.41) is 14.3. The van der Waals surface area contributed by atoms with Crippen LogP contribution in [-0.2, 0) is 9.59 Å². The summed E-state index contributed by atoms with van der Waals surface area (Å²) in [5.41, 5.74) is 0.533. The molecule has 0 saturated heterocycles. The maximum absolute atomic E-state index is 13.2. The van der Waals surface area contributed by atoms with E-state index >= 15 is 0 Å². The van der Waals surface area contributed by atoms with Crippen LogP contribution in [0.4, 0.5) is 11.4 Å². The lowest BCUT2D eigenvalue weighted by molar-refractivity contribution is -0.384. The minimum atomic E-state index is -0.564. The molecule has 0 bridgehead atoms. The molecule has 2 rings (SSSR count). The van der Waals surface area contributed by atoms with E-state index in [-0.39, 0.29) is 29.6 Å². The van der Waals surface area contributed by atoms with E-state index < -0.39 is 10.7 Å². The Bertz CT molecular complexity index is 1040. The van der Waals surface area contributed by atoms with Gasteiger partial charge in [-0.3, -0.25) is 29.4 Å². The van der Waals surface area contributed by atoms with Crippen molar-refractivity contribution in [3.63, 3.8) is 0 Å². The van der Waals surface area contributed by atoms with Crippen LogP contribution in [0.25, 0.3) is 0 Å². The molecule has 0 aliphatic heterocycles. The van der Waals surface area contributed by atoms with Crippen molar-refractivity contribution in [2.45, 2.75) is 46.0 Å². The van der Waals surface area contributed by atoms with Crippen LogP contribution >= 0.6 is 0 Å². The predicted molar refractivity (Wildman–Crippen MR) is 140 cm³/mol. The molecule has 0 spiro atoms. The van der Waals surface area contributed by atoms with E-state index in [9.17, 15) is 24.5 Å². The molecule has 1 N–H and O–H groups in total. The molecule has 36 heavy (non-hydrogen) atoms. The van der Waals surface area contributed by atoms with Crippen molar-refractivity contribution in [1.29, 1.82) is 0 Å². The number of rotatable bonds is 15. The highest BCUT2D eigenvalue weighted by Gasteiger charge is 2.24. The highest BCUT2D eigenvalue weighted by atomic mass is 16.6. The van der Waals surface area contributed by atoms with Crippen LogP contribution in [0.5, 0.6) is 0 Å². The second-order valence-corrected chi connectivity index (χ2v) is 8.69. The minimum Gasteiger partial charge on any atom is -0.356 e. The SMILES string of the molecule is CCCCNC(=O)CCN(CCCC)CC(=O)N(C)c1ccc([N+](=O)[O-])cc1C(=O)c1ccccc1. The molecule has 0 unspecified atom stereocenters. The first-order valence-corrected chi connectivity index (χ1v) is 12.4. The molecule has 194 valence electrons. The lowest BCUT2D eigenvalue weighted by atomic mass is 10.0. The normalized spacial score (nSPS) is 10.8. The number of likely N-dealkylation sites (N-methyl/N-ethyl adjacent to an activating group) is 1. The molecular formula is C27H36N4O5. The third kappa shape index (κ3) is 8.57. The molecular weight excluding hydrogens is 460 g/mol. The van der Waals surface area contributed by atoms with Gasteiger partial charge in [-0.25, -0.2) is 0 Å². The molecule has 0 aliphatic carbocycles. The maximum atomic E-state index is 13.2. The number of nitro groups is 1. The van der Waals surface area contributed by atoms with Gasteiger partial charge in [0, 0.05) is 44.3 Å². The van der Waals surface area contributed by atoms with Gasteiger partial charge in [-0.1, -0.05) is 57.0 Å². The van der Waals surface area contributed by atoms with Gasteiger partial charge in [0.05, 0.1) is 22.7 Å². The fraction of sp³-hybridized carbons (Fsp3) is 0.444. The number of nitrogens with one attached hydrogen (secondary N) is 1.